The lowest BCUT2D eigenvalue weighted by atomic mass is 9.96. The number of hydrogen-bond acceptors (Lipinski definition) is 4. The number of nitrogens with two attached hydrogens (primary N) is 1. The molecular formula is C14H23N3O. The Labute approximate surface area is 109 Å². The van der Waals surface area contributed by atoms with Crippen molar-refractivity contribution in [3.05, 3.63) is 23.9 Å². The lowest BCUT2D eigenvalue weighted by molar-refractivity contribution is 0.123. The molecule has 0 saturated carbocycles. The van der Waals surface area contributed by atoms with Crippen molar-refractivity contribution in [2.45, 2.75) is 44.8 Å². The highest BCUT2D eigenvalue weighted by atomic mass is 16.5. The summed E-state index contributed by atoms with van der Waals surface area (Å²) in [4.78, 5) is 6.74. The number of piperidine rings is 1. The van der Waals surface area contributed by atoms with E-state index >= 15 is 0 Å². The summed E-state index contributed by atoms with van der Waals surface area (Å²) in [6.07, 6.45) is 5.67. The van der Waals surface area contributed by atoms with Gasteiger partial charge in [-0.05, 0) is 31.9 Å². The Morgan fingerprint density at radius 1 is 1.50 bits per heavy atom. The van der Waals surface area contributed by atoms with Gasteiger partial charge < -0.3 is 10.5 Å². The molecule has 4 nitrogen and oxygen atoms in total. The van der Waals surface area contributed by atoms with Crippen LogP contribution in [0.2, 0.25) is 0 Å². The van der Waals surface area contributed by atoms with Crippen molar-refractivity contribution in [1.29, 1.82) is 0 Å². The monoisotopic (exact) mass is 249 g/mol. The standard InChI is InChI=1S/C14H23N3O/c1-11(15)13-5-3-4-8-17(13)10-12-6-7-14(18-2)16-9-12/h6-7,9,11,13H,3-5,8,10,15H2,1-2H3. The van der Waals surface area contributed by atoms with E-state index < -0.39 is 0 Å². The van der Waals surface area contributed by atoms with E-state index in [9.17, 15) is 0 Å². The third kappa shape index (κ3) is 3.21. The van der Waals surface area contributed by atoms with Crippen molar-refractivity contribution in [2.75, 3.05) is 13.7 Å². The molecule has 1 aliphatic rings. The molecule has 2 unspecified atom stereocenters. The average Bonchev–Trinajstić information content (AvgIpc) is 2.40. The summed E-state index contributed by atoms with van der Waals surface area (Å²) in [7, 11) is 1.64. The lowest BCUT2D eigenvalue weighted by Gasteiger charge is -2.38. The predicted molar refractivity (Wildman–Crippen MR) is 72.5 cm³/mol. The summed E-state index contributed by atoms with van der Waals surface area (Å²) in [5.74, 6) is 0.668. The molecule has 2 heterocycles. The molecule has 2 rings (SSSR count). The van der Waals surface area contributed by atoms with Crippen molar-refractivity contribution in [3.63, 3.8) is 0 Å². The number of aromatic nitrogens is 1. The molecule has 0 aromatic carbocycles. The molecule has 1 aliphatic heterocycles. The third-order valence-electron chi connectivity index (χ3n) is 3.66. The molecule has 18 heavy (non-hydrogen) atoms. The van der Waals surface area contributed by atoms with E-state index in [0.717, 1.165) is 13.1 Å². The summed E-state index contributed by atoms with van der Waals surface area (Å²) in [5, 5.41) is 0. The molecule has 2 N–H and O–H groups in total. The van der Waals surface area contributed by atoms with Crippen molar-refractivity contribution in [1.82, 2.24) is 9.88 Å². The van der Waals surface area contributed by atoms with E-state index in [1.54, 1.807) is 7.11 Å². The van der Waals surface area contributed by atoms with Gasteiger partial charge in [-0.15, -0.1) is 0 Å². The number of pyridine rings is 1. The van der Waals surface area contributed by atoms with E-state index in [1.165, 1.54) is 24.8 Å². The van der Waals surface area contributed by atoms with E-state index in [0.29, 0.717) is 11.9 Å². The fraction of sp³-hybridized carbons (Fsp3) is 0.643. The highest BCUT2D eigenvalue weighted by Crippen LogP contribution is 2.21. The van der Waals surface area contributed by atoms with Crippen molar-refractivity contribution < 1.29 is 4.74 Å². The number of hydrogen-bond donors (Lipinski definition) is 1. The smallest absolute Gasteiger partial charge is 0.212 e. The molecule has 1 fully saturated rings. The third-order valence-corrected chi connectivity index (χ3v) is 3.66. The summed E-state index contributed by atoms with van der Waals surface area (Å²) >= 11 is 0. The van der Waals surface area contributed by atoms with Crippen LogP contribution < -0.4 is 10.5 Å². The van der Waals surface area contributed by atoms with Gasteiger partial charge in [-0.1, -0.05) is 12.5 Å². The molecule has 1 aromatic rings. The highest BCUT2D eigenvalue weighted by Gasteiger charge is 2.25. The second-order valence-electron chi connectivity index (χ2n) is 5.10. The molecule has 1 aromatic heterocycles. The summed E-state index contributed by atoms with van der Waals surface area (Å²) in [5.41, 5.74) is 7.30. The first-order valence-corrected chi connectivity index (χ1v) is 6.69. The minimum absolute atomic E-state index is 0.233. The molecule has 0 radical (unpaired) electrons. The molecule has 100 valence electrons. The fourth-order valence-electron chi connectivity index (χ4n) is 2.67. The Kier molecular flexibility index (Phi) is 4.55. The predicted octanol–water partition coefficient (Wildman–Crippen LogP) is 1.79. The second-order valence-corrected chi connectivity index (χ2v) is 5.10. The van der Waals surface area contributed by atoms with Crippen LogP contribution in [-0.4, -0.2) is 35.6 Å². The molecule has 0 bridgehead atoms. The van der Waals surface area contributed by atoms with Gasteiger partial charge in [0.15, 0.2) is 0 Å². The van der Waals surface area contributed by atoms with Gasteiger partial charge in [0.05, 0.1) is 7.11 Å². The zero-order valence-corrected chi connectivity index (χ0v) is 11.3. The number of methoxy groups -OCH3 is 1. The Bertz CT molecular complexity index is 364. The molecule has 2 atom stereocenters. The zero-order chi connectivity index (χ0) is 13.0. The van der Waals surface area contributed by atoms with Gasteiger partial charge in [-0.25, -0.2) is 4.98 Å². The van der Waals surface area contributed by atoms with Crippen LogP contribution in [0.15, 0.2) is 18.3 Å². The maximum atomic E-state index is 6.08. The summed E-state index contributed by atoms with van der Waals surface area (Å²) in [6.45, 7) is 4.18. The van der Waals surface area contributed by atoms with E-state index in [2.05, 4.69) is 22.9 Å². The van der Waals surface area contributed by atoms with Crippen LogP contribution in [0.1, 0.15) is 31.7 Å². The highest BCUT2D eigenvalue weighted by molar-refractivity contribution is 5.17. The second kappa shape index (κ2) is 6.16. The molecule has 4 heteroatoms. The minimum atomic E-state index is 0.233. The first kappa shape index (κ1) is 13.3. The SMILES string of the molecule is COc1ccc(CN2CCCCC2C(C)N)cn1. The summed E-state index contributed by atoms with van der Waals surface area (Å²) < 4.78 is 5.07. The number of likely N-dealkylation sites (tertiary alicyclic amines) is 1. The van der Waals surface area contributed by atoms with E-state index in [4.69, 9.17) is 10.5 Å². The molecule has 1 saturated heterocycles. The fourth-order valence-corrected chi connectivity index (χ4v) is 2.67. The van der Waals surface area contributed by atoms with Gasteiger partial charge in [-0.2, -0.15) is 0 Å². The van der Waals surface area contributed by atoms with Crippen molar-refractivity contribution in [3.8, 4) is 5.88 Å². The van der Waals surface area contributed by atoms with Gasteiger partial charge in [0, 0.05) is 30.9 Å². The van der Waals surface area contributed by atoms with E-state index in [1.807, 2.05) is 12.3 Å². The quantitative estimate of drug-likeness (QED) is 0.884. The average molecular weight is 249 g/mol. The van der Waals surface area contributed by atoms with Crippen LogP contribution >= 0.6 is 0 Å². The molecule has 0 amide bonds. The van der Waals surface area contributed by atoms with Gasteiger partial charge in [0.2, 0.25) is 5.88 Å². The van der Waals surface area contributed by atoms with Crippen LogP contribution in [0.5, 0.6) is 5.88 Å². The molecular weight excluding hydrogens is 226 g/mol. The number of rotatable bonds is 4. The van der Waals surface area contributed by atoms with Crippen molar-refractivity contribution in [2.24, 2.45) is 5.73 Å². The minimum Gasteiger partial charge on any atom is -0.481 e. The topological polar surface area (TPSA) is 51.4 Å². The Morgan fingerprint density at radius 3 is 2.94 bits per heavy atom. The first-order valence-electron chi connectivity index (χ1n) is 6.69. The van der Waals surface area contributed by atoms with Gasteiger partial charge in [0.1, 0.15) is 0 Å². The molecule has 0 aliphatic carbocycles. The van der Waals surface area contributed by atoms with Crippen LogP contribution in [-0.2, 0) is 6.54 Å². The van der Waals surface area contributed by atoms with Crippen LogP contribution in [0.25, 0.3) is 0 Å². The maximum Gasteiger partial charge on any atom is 0.212 e. The zero-order valence-electron chi connectivity index (χ0n) is 11.3. The Hall–Kier alpha value is -1.13. The van der Waals surface area contributed by atoms with Gasteiger partial charge >= 0.3 is 0 Å². The normalized spacial score (nSPS) is 22.7. The van der Waals surface area contributed by atoms with Gasteiger partial charge in [0.25, 0.3) is 0 Å². The first-order chi connectivity index (χ1) is 8.70. The van der Waals surface area contributed by atoms with Crippen LogP contribution in [0.4, 0.5) is 0 Å². The number of ether oxygens (including phenoxy) is 1. The molecule has 0 spiro atoms. The Balaban J connectivity index is 2.01. The maximum absolute atomic E-state index is 6.08. The van der Waals surface area contributed by atoms with E-state index in [-0.39, 0.29) is 6.04 Å². The summed E-state index contributed by atoms with van der Waals surface area (Å²) in [6, 6.07) is 4.73. The lowest BCUT2D eigenvalue weighted by Crippen LogP contribution is -2.48. The largest absolute Gasteiger partial charge is 0.481 e. The van der Waals surface area contributed by atoms with Crippen LogP contribution in [0, 0.1) is 0 Å². The van der Waals surface area contributed by atoms with Gasteiger partial charge in [-0.3, -0.25) is 4.90 Å². The van der Waals surface area contributed by atoms with Crippen LogP contribution in [0.3, 0.4) is 0 Å². The Morgan fingerprint density at radius 2 is 2.33 bits per heavy atom. The van der Waals surface area contributed by atoms with Crippen molar-refractivity contribution >= 4 is 0 Å². The number of nitrogens with zero attached hydrogens (tertiary/aromatic N) is 2.